The van der Waals surface area contributed by atoms with E-state index in [4.69, 9.17) is 9.88 Å². The summed E-state index contributed by atoms with van der Waals surface area (Å²) < 4.78 is 5.22. The molecule has 6 nitrogen and oxygen atoms in total. The van der Waals surface area contributed by atoms with Crippen molar-refractivity contribution in [2.45, 2.75) is 59.3 Å². The molecule has 2 aromatic heterocycles. The number of aliphatic hydroxyl groups is 1. The number of aliphatic hydroxyl groups excluding tert-OH is 1. The molecule has 0 bridgehead atoms. The number of nitrogens with zero attached hydrogens (tertiary/aromatic N) is 2. The van der Waals surface area contributed by atoms with Crippen molar-refractivity contribution in [3.8, 4) is 5.88 Å². The molecule has 1 aliphatic carbocycles. The Labute approximate surface area is 201 Å². The molecule has 33 heavy (non-hydrogen) atoms. The van der Waals surface area contributed by atoms with E-state index >= 15 is 0 Å². The number of fused-ring (bicyclic) bond motifs is 1. The molecule has 0 saturated heterocycles. The fourth-order valence-corrected chi connectivity index (χ4v) is 3.75. The third-order valence-corrected chi connectivity index (χ3v) is 5.70. The lowest BCUT2D eigenvalue weighted by Crippen LogP contribution is -2.07. The monoisotopic (exact) mass is 468 g/mol. The average molecular weight is 469 g/mol. The maximum Gasteiger partial charge on any atom is 0.215 e. The van der Waals surface area contributed by atoms with Gasteiger partial charge in [0, 0.05) is 29.9 Å². The van der Waals surface area contributed by atoms with Gasteiger partial charge >= 0.3 is 0 Å². The summed E-state index contributed by atoms with van der Waals surface area (Å²) in [7, 11) is 1.58. The van der Waals surface area contributed by atoms with Gasteiger partial charge in [-0.1, -0.05) is 63.9 Å². The van der Waals surface area contributed by atoms with Crippen LogP contribution >= 0.6 is 11.9 Å². The van der Waals surface area contributed by atoms with Crippen LogP contribution in [0.15, 0.2) is 48.2 Å². The zero-order chi connectivity index (χ0) is 24.2. The minimum Gasteiger partial charge on any atom is -0.507 e. The van der Waals surface area contributed by atoms with E-state index in [1.165, 1.54) is 17.5 Å². The Morgan fingerprint density at radius 2 is 1.73 bits per heavy atom. The SMILES string of the molecule is CC.CC.COc1ccc2c(NCc3ccc(CSN)cc3)c(C(O)=C3CCC3)cnc2n1. The predicted molar refractivity (Wildman–Crippen MR) is 141 cm³/mol. The van der Waals surface area contributed by atoms with E-state index in [-0.39, 0.29) is 0 Å². The predicted octanol–water partition coefficient (Wildman–Crippen LogP) is 6.86. The summed E-state index contributed by atoms with van der Waals surface area (Å²) >= 11 is 1.32. The molecule has 3 aromatic rings. The molecule has 1 aromatic carbocycles. The molecule has 0 amide bonds. The summed E-state index contributed by atoms with van der Waals surface area (Å²) in [5.74, 6) is 1.64. The summed E-state index contributed by atoms with van der Waals surface area (Å²) in [5, 5.41) is 20.7. The highest BCUT2D eigenvalue weighted by atomic mass is 32.2. The number of benzene rings is 1. The van der Waals surface area contributed by atoms with Crippen LogP contribution in [0, 0.1) is 0 Å². The van der Waals surface area contributed by atoms with Gasteiger partial charge in [-0.15, -0.1) is 0 Å². The van der Waals surface area contributed by atoms with Crippen molar-refractivity contribution < 1.29 is 9.84 Å². The zero-order valence-corrected chi connectivity index (χ0v) is 21.1. The van der Waals surface area contributed by atoms with Crippen LogP contribution in [0.1, 0.15) is 63.6 Å². The number of anilines is 1. The molecule has 4 rings (SSSR count). The molecule has 1 saturated carbocycles. The van der Waals surface area contributed by atoms with Gasteiger partial charge in [0.25, 0.3) is 0 Å². The van der Waals surface area contributed by atoms with Gasteiger partial charge in [0.2, 0.25) is 5.88 Å². The van der Waals surface area contributed by atoms with Gasteiger partial charge < -0.3 is 15.2 Å². The van der Waals surface area contributed by atoms with Crippen LogP contribution in [0.5, 0.6) is 5.88 Å². The summed E-state index contributed by atoms with van der Waals surface area (Å²) in [6.07, 6.45) is 4.68. The third kappa shape index (κ3) is 6.62. The highest BCUT2D eigenvalue weighted by Gasteiger charge is 2.20. The van der Waals surface area contributed by atoms with Gasteiger partial charge in [0.1, 0.15) is 5.76 Å². The van der Waals surface area contributed by atoms with Crippen LogP contribution in [0.3, 0.4) is 0 Å². The van der Waals surface area contributed by atoms with E-state index in [1.54, 1.807) is 13.3 Å². The quantitative estimate of drug-likeness (QED) is 0.257. The van der Waals surface area contributed by atoms with E-state index in [2.05, 4.69) is 39.6 Å². The van der Waals surface area contributed by atoms with E-state index in [0.717, 1.165) is 52.8 Å². The molecule has 178 valence electrons. The first-order chi connectivity index (χ1) is 16.2. The Hall–Kier alpha value is -2.77. The maximum atomic E-state index is 10.8. The number of pyridine rings is 2. The highest BCUT2D eigenvalue weighted by molar-refractivity contribution is 7.96. The van der Waals surface area contributed by atoms with Crippen LogP contribution in [-0.4, -0.2) is 22.2 Å². The van der Waals surface area contributed by atoms with Gasteiger partial charge in [-0.2, -0.15) is 4.98 Å². The van der Waals surface area contributed by atoms with Crippen molar-refractivity contribution in [2.75, 3.05) is 12.4 Å². The van der Waals surface area contributed by atoms with Gasteiger partial charge in [0.15, 0.2) is 5.65 Å². The van der Waals surface area contributed by atoms with Crippen molar-refractivity contribution >= 4 is 34.4 Å². The molecule has 0 atom stereocenters. The minimum absolute atomic E-state index is 0.333. The molecule has 7 heteroatoms. The summed E-state index contributed by atoms with van der Waals surface area (Å²) in [4.78, 5) is 8.90. The number of aromatic nitrogens is 2. The number of methoxy groups -OCH3 is 1. The van der Waals surface area contributed by atoms with Crippen LogP contribution in [0.2, 0.25) is 0 Å². The van der Waals surface area contributed by atoms with E-state index in [0.29, 0.717) is 23.8 Å². The third-order valence-electron chi connectivity index (χ3n) is 5.20. The molecule has 4 N–H and O–H groups in total. The Balaban J connectivity index is 0.000000914. The molecule has 0 aliphatic heterocycles. The second kappa shape index (κ2) is 13.7. The Bertz CT molecular complexity index is 1050. The van der Waals surface area contributed by atoms with Crippen molar-refractivity contribution in [1.82, 2.24) is 9.97 Å². The standard InChI is InChI=1S/C22H24N4O2S.2C2H6/c1-28-19-10-9-17-20(24-11-14-5-7-15(8-6-14)13-29-23)18(12-25-22(17)26-19)21(27)16-3-2-4-16;2*1-2/h5-10,12,27H,2-4,11,13,23H2,1H3,(H,24,25,26);2*1-2H3. The Kier molecular flexibility index (Phi) is 11.0. The fraction of sp³-hybridized carbons (Fsp3) is 0.385. The summed E-state index contributed by atoms with van der Waals surface area (Å²) in [6.45, 7) is 8.62. The lowest BCUT2D eigenvalue weighted by molar-refractivity contribution is 0.399. The Morgan fingerprint density at radius 3 is 2.30 bits per heavy atom. The number of nitrogens with two attached hydrogens (primary N) is 1. The first-order valence-electron chi connectivity index (χ1n) is 11.6. The molecule has 1 fully saturated rings. The second-order valence-corrected chi connectivity index (χ2v) is 7.68. The van der Waals surface area contributed by atoms with Gasteiger partial charge in [0.05, 0.1) is 18.4 Å². The van der Waals surface area contributed by atoms with E-state index < -0.39 is 0 Å². The fourth-order valence-electron chi connectivity index (χ4n) is 3.36. The topological polar surface area (TPSA) is 93.3 Å². The number of allylic oxidation sites excluding steroid dienone is 1. The normalized spacial score (nSPS) is 12.0. The summed E-state index contributed by atoms with van der Waals surface area (Å²) in [6, 6.07) is 12.1. The van der Waals surface area contributed by atoms with Gasteiger partial charge in [-0.25, -0.2) is 4.98 Å². The van der Waals surface area contributed by atoms with E-state index in [1.807, 2.05) is 39.8 Å². The molecular weight excluding hydrogens is 432 g/mol. The van der Waals surface area contributed by atoms with Crippen LogP contribution < -0.4 is 15.2 Å². The first kappa shape index (κ1) is 26.5. The van der Waals surface area contributed by atoms with Crippen LogP contribution in [-0.2, 0) is 12.3 Å². The molecule has 2 heterocycles. The number of hydrogen-bond acceptors (Lipinski definition) is 7. The van der Waals surface area contributed by atoms with Gasteiger partial charge in [-0.05, 0) is 42.0 Å². The largest absolute Gasteiger partial charge is 0.507 e. The number of nitrogens with one attached hydrogen (secondary N) is 1. The van der Waals surface area contributed by atoms with Gasteiger partial charge in [-0.3, -0.25) is 5.14 Å². The smallest absolute Gasteiger partial charge is 0.215 e. The number of rotatable bonds is 7. The van der Waals surface area contributed by atoms with E-state index in [9.17, 15) is 5.11 Å². The molecule has 0 radical (unpaired) electrons. The van der Waals surface area contributed by atoms with Crippen molar-refractivity contribution in [3.63, 3.8) is 0 Å². The number of ether oxygens (including phenoxy) is 1. The van der Waals surface area contributed by atoms with Crippen LogP contribution in [0.25, 0.3) is 16.8 Å². The highest BCUT2D eigenvalue weighted by Crippen LogP contribution is 2.37. The lowest BCUT2D eigenvalue weighted by atomic mass is 9.89. The molecular formula is C26H36N4O2S. The number of hydrogen-bond donors (Lipinski definition) is 3. The molecule has 0 unspecified atom stereocenters. The lowest BCUT2D eigenvalue weighted by Gasteiger charge is -2.21. The minimum atomic E-state index is 0.333. The first-order valence-corrected chi connectivity index (χ1v) is 12.6. The van der Waals surface area contributed by atoms with Crippen LogP contribution in [0.4, 0.5) is 5.69 Å². The molecule has 1 aliphatic rings. The maximum absolute atomic E-state index is 10.8. The van der Waals surface area contributed by atoms with Crippen molar-refractivity contribution in [3.05, 3.63) is 64.9 Å². The summed E-state index contributed by atoms with van der Waals surface area (Å²) in [5.41, 5.74) is 5.56. The van der Waals surface area contributed by atoms with Crippen molar-refractivity contribution in [1.29, 1.82) is 0 Å². The average Bonchev–Trinajstić information content (AvgIpc) is 2.84. The Morgan fingerprint density at radius 1 is 1.06 bits per heavy atom. The molecule has 0 spiro atoms. The zero-order valence-electron chi connectivity index (χ0n) is 20.3. The van der Waals surface area contributed by atoms with Crippen molar-refractivity contribution in [2.24, 2.45) is 5.14 Å². The second-order valence-electron chi connectivity index (χ2n) is 7.06.